The number of methoxy groups -OCH3 is 1. The molecular formula is C17H24N2O2. The van der Waals surface area contributed by atoms with Gasteiger partial charge in [0.1, 0.15) is 17.1 Å². The number of rotatable bonds is 2. The van der Waals surface area contributed by atoms with Crippen LogP contribution in [0.15, 0.2) is 18.2 Å². The van der Waals surface area contributed by atoms with Crippen molar-refractivity contribution < 1.29 is 9.47 Å². The molecule has 1 aromatic carbocycles. The van der Waals surface area contributed by atoms with Crippen LogP contribution in [0.25, 0.3) is 0 Å². The maximum absolute atomic E-state index is 6.45. The number of nitrogens with two attached hydrogens (primary N) is 1. The van der Waals surface area contributed by atoms with Gasteiger partial charge in [-0.3, -0.25) is 4.90 Å². The van der Waals surface area contributed by atoms with Crippen LogP contribution in [0.4, 0.5) is 0 Å². The van der Waals surface area contributed by atoms with Crippen LogP contribution >= 0.6 is 0 Å². The molecule has 2 aliphatic heterocycles. The molecule has 4 nitrogen and oxygen atoms in total. The van der Waals surface area contributed by atoms with Gasteiger partial charge in [-0.1, -0.05) is 0 Å². The second kappa shape index (κ2) is 4.62. The Bertz CT molecular complexity index is 558. The van der Waals surface area contributed by atoms with E-state index in [-0.39, 0.29) is 11.6 Å². The molecule has 2 fully saturated rings. The van der Waals surface area contributed by atoms with E-state index in [1.54, 1.807) is 7.11 Å². The zero-order valence-corrected chi connectivity index (χ0v) is 12.8. The summed E-state index contributed by atoms with van der Waals surface area (Å²) in [6.07, 6.45) is 4.68. The first-order chi connectivity index (χ1) is 10.1. The molecule has 1 aliphatic carbocycles. The third kappa shape index (κ3) is 2.21. The largest absolute Gasteiger partial charge is 0.497 e. The predicted octanol–water partition coefficient (Wildman–Crippen LogP) is 2.47. The van der Waals surface area contributed by atoms with E-state index in [0.29, 0.717) is 6.04 Å². The fourth-order valence-electron chi connectivity index (χ4n) is 4.15. The molecule has 114 valence electrons. The summed E-state index contributed by atoms with van der Waals surface area (Å²) in [6, 6.07) is 7.42. The maximum Gasteiger partial charge on any atom is 0.125 e. The van der Waals surface area contributed by atoms with Crippen molar-refractivity contribution in [3.63, 3.8) is 0 Å². The monoisotopic (exact) mass is 288 g/mol. The van der Waals surface area contributed by atoms with Gasteiger partial charge < -0.3 is 15.2 Å². The Kier molecular flexibility index (Phi) is 2.95. The minimum Gasteiger partial charge on any atom is -0.497 e. The molecule has 0 aromatic heterocycles. The third-order valence-corrected chi connectivity index (χ3v) is 5.26. The summed E-state index contributed by atoms with van der Waals surface area (Å²) < 4.78 is 11.8. The van der Waals surface area contributed by atoms with Crippen molar-refractivity contribution in [2.45, 2.75) is 56.3 Å². The van der Waals surface area contributed by atoms with E-state index < -0.39 is 0 Å². The molecule has 2 heterocycles. The Morgan fingerprint density at radius 3 is 2.86 bits per heavy atom. The Labute approximate surface area is 126 Å². The molecule has 0 bridgehead atoms. The summed E-state index contributed by atoms with van der Waals surface area (Å²) in [4.78, 5) is 2.63. The second-order valence-corrected chi connectivity index (χ2v) is 6.96. The van der Waals surface area contributed by atoms with Gasteiger partial charge >= 0.3 is 0 Å². The van der Waals surface area contributed by atoms with E-state index in [4.69, 9.17) is 15.2 Å². The van der Waals surface area contributed by atoms with Gasteiger partial charge in [0.05, 0.1) is 7.11 Å². The topological polar surface area (TPSA) is 47.7 Å². The molecule has 1 saturated carbocycles. The Balaban J connectivity index is 1.62. The van der Waals surface area contributed by atoms with Crippen molar-refractivity contribution in [3.05, 3.63) is 23.8 Å². The lowest BCUT2D eigenvalue weighted by Crippen LogP contribution is -2.45. The number of ether oxygens (including phenoxy) is 2. The van der Waals surface area contributed by atoms with Crippen LogP contribution < -0.4 is 15.2 Å². The molecule has 0 radical (unpaired) electrons. The molecule has 2 N–H and O–H groups in total. The molecule has 1 aromatic rings. The molecule has 1 saturated heterocycles. The van der Waals surface area contributed by atoms with Crippen molar-refractivity contribution in [2.24, 2.45) is 5.73 Å². The van der Waals surface area contributed by atoms with Gasteiger partial charge in [-0.2, -0.15) is 0 Å². The zero-order chi connectivity index (χ0) is 14.6. The summed E-state index contributed by atoms with van der Waals surface area (Å²) in [5.41, 5.74) is 7.44. The minimum absolute atomic E-state index is 0.0372. The SMILES string of the molecule is COc1ccc2c(c1)[C@@H](N)CC1(CC(C)N(C3CC3)C1)O2. The summed E-state index contributed by atoms with van der Waals surface area (Å²) >= 11 is 0. The Hall–Kier alpha value is -1.26. The highest BCUT2D eigenvalue weighted by Crippen LogP contribution is 2.47. The Morgan fingerprint density at radius 1 is 1.33 bits per heavy atom. The van der Waals surface area contributed by atoms with Gasteiger partial charge in [-0.15, -0.1) is 0 Å². The van der Waals surface area contributed by atoms with Crippen LogP contribution in [0.2, 0.25) is 0 Å². The number of hydrogen-bond donors (Lipinski definition) is 1. The fourth-order valence-corrected chi connectivity index (χ4v) is 4.15. The predicted molar refractivity (Wildman–Crippen MR) is 81.7 cm³/mol. The highest BCUT2D eigenvalue weighted by Gasteiger charge is 2.51. The van der Waals surface area contributed by atoms with Gasteiger partial charge in [0.25, 0.3) is 0 Å². The average molecular weight is 288 g/mol. The lowest BCUT2D eigenvalue weighted by molar-refractivity contribution is 0.0432. The quantitative estimate of drug-likeness (QED) is 0.908. The number of benzene rings is 1. The number of hydrogen-bond acceptors (Lipinski definition) is 4. The van der Waals surface area contributed by atoms with Crippen molar-refractivity contribution >= 4 is 0 Å². The van der Waals surface area contributed by atoms with E-state index >= 15 is 0 Å². The molecule has 4 rings (SSSR count). The molecular weight excluding hydrogens is 264 g/mol. The molecule has 2 unspecified atom stereocenters. The smallest absolute Gasteiger partial charge is 0.125 e. The van der Waals surface area contributed by atoms with Crippen molar-refractivity contribution in [1.29, 1.82) is 0 Å². The number of likely N-dealkylation sites (tertiary alicyclic amines) is 1. The lowest BCUT2D eigenvalue weighted by Gasteiger charge is -2.39. The van der Waals surface area contributed by atoms with Crippen LogP contribution in [0, 0.1) is 0 Å². The molecule has 21 heavy (non-hydrogen) atoms. The number of nitrogens with zero attached hydrogens (tertiary/aromatic N) is 1. The van der Waals surface area contributed by atoms with Crippen LogP contribution in [0.1, 0.15) is 44.2 Å². The zero-order valence-electron chi connectivity index (χ0n) is 12.8. The fraction of sp³-hybridized carbons (Fsp3) is 0.647. The Morgan fingerprint density at radius 2 is 2.14 bits per heavy atom. The molecule has 1 spiro atoms. The minimum atomic E-state index is -0.0942. The summed E-state index contributed by atoms with van der Waals surface area (Å²) in [5, 5.41) is 0. The van der Waals surface area contributed by atoms with E-state index in [1.807, 2.05) is 18.2 Å². The summed E-state index contributed by atoms with van der Waals surface area (Å²) in [5.74, 6) is 1.79. The first-order valence-corrected chi connectivity index (χ1v) is 7.98. The first kappa shape index (κ1) is 13.4. The normalized spacial score (nSPS) is 35.6. The third-order valence-electron chi connectivity index (χ3n) is 5.26. The van der Waals surface area contributed by atoms with E-state index in [1.165, 1.54) is 12.8 Å². The summed E-state index contributed by atoms with van der Waals surface area (Å²) in [6.45, 7) is 3.35. The van der Waals surface area contributed by atoms with E-state index in [9.17, 15) is 0 Å². The van der Waals surface area contributed by atoms with Gasteiger partial charge in [0.15, 0.2) is 0 Å². The van der Waals surface area contributed by atoms with Gasteiger partial charge in [0.2, 0.25) is 0 Å². The summed E-state index contributed by atoms with van der Waals surface area (Å²) in [7, 11) is 1.69. The van der Waals surface area contributed by atoms with Crippen molar-refractivity contribution in [3.8, 4) is 11.5 Å². The van der Waals surface area contributed by atoms with Crippen LogP contribution in [0.5, 0.6) is 11.5 Å². The first-order valence-electron chi connectivity index (χ1n) is 7.98. The van der Waals surface area contributed by atoms with Gasteiger partial charge in [-0.25, -0.2) is 0 Å². The second-order valence-electron chi connectivity index (χ2n) is 6.96. The lowest BCUT2D eigenvalue weighted by atomic mass is 9.86. The van der Waals surface area contributed by atoms with Crippen molar-refractivity contribution in [2.75, 3.05) is 13.7 Å². The molecule has 3 atom stereocenters. The maximum atomic E-state index is 6.45. The van der Waals surface area contributed by atoms with E-state index in [2.05, 4.69) is 11.8 Å². The van der Waals surface area contributed by atoms with Gasteiger partial charge in [-0.05, 0) is 38.0 Å². The highest BCUT2D eigenvalue weighted by molar-refractivity contribution is 5.44. The van der Waals surface area contributed by atoms with Crippen LogP contribution in [0.3, 0.4) is 0 Å². The molecule has 3 aliphatic rings. The standard InChI is InChI=1S/C17H24N2O2/c1-11-8-17(10-19(11)12-3-4-12)9-15(18)14-7-13(20-2)5-6-16(14)21-17/h5-7,11-12,15H,3-4,8-10,18H2,1-2H3/t11?,15-,17?/m0/s1. The van der Waals surface area contributed by atoms with Crippen molar-refractivity contribution in [1.82, 2.24) is 4.90 Å². The average Bonchev–Trinajstić information content (AvgIpc) is 3.25. The molecule has 4 heteroatoms. The number of fused-ring (bicyclic) bond motifs is 1. The van der Waals surface area contributed by atoms with Crippen LogP contribution in [-0.2, 0) is 0 Å². The van der Waals surface area contributed by atoms with Gasteiger partial charge in [0, 0.05) is 43.1 Å². The molecule has 0 amide bonds. The highest BCUT2D eigenvalue weighted by atomic mass is 16.5. The van der Waals surface area contributed by atoms with E-state index in [0.717, 1.165) is 42.5 Å². The van der Waals surface area contributed by atoms with Crippen LogP contribution in [-0.4, -0.2) is 36.2 Å².